The number of rotatable bonds is 4. The Morgan fingerprint density at radius 1 is 1.50 bits per heavy atom. The molecule has 0 aliphatic rings. The summed E-state index contributed by atoms with van der Waals surface area (Å²) in [4.78, 5) is 19.3. The van der Waals surface area contributed by atoms with Gasteiger partial charge in [-0.05, 0) is 20.3 Å². The van der Waals surface area contributed by atoms with E-state index in [9.17, 15) is 4.79 Å². The highest BCUT2D eigenvalue weighted by Gasteiger charge is 2.09. The van der Waals surface area contributed by atoms with Gasteiger partial charge in [0.15, 0.2) is 5.78 Å². The molecule has 0 spiro atoms. The van der Waals surface area contributed by atoms with E-state index in [4.69, 9.17) is 4.74 Å². The van der Waals surface area contributed by atoms with E-state index in [-0.39, 0.29) is 5.78 Å². The van der Waals surface area contributed by atoms with Gasteiger partial charge in [-0.1, -0.05) is 6.92 Å². The molecule has 0 N–H and O–H groups in total. The van der Waals surface area contributed by atoms with Gasteiger partial charge in [0, 0.05) is 6.20 Å². The van der Waals surface area contributed by atoms with E-state index >= 15 is 0 Å². The Labute approximate surface area is 83.3 Å². The number of nitrogens with zero attached hydrogens (tertiary/aromatic N) is 2. The summed E-state index contributed by atoms with van der Waals surface area (Å²) >= 11 is 0. The number of carbonyl (C=O) groups is 1. The molecule has 0 aromatic carbocycles. The predicted molar refractivity (Wildman–Crippen MR) is 52.6 cm³/mol. The fraction of sp³-hybridized carbons (Fsp3) is 0.500. The highest BCUT2D eigenvalue weighted by Crippen LogP contribution is 2.10. The summed E-state index contributed by atoms with van der Waals surface area (Å²) in [6.45, 7) is 5.86. The fourth-order valence-electron chi connectivity index (χ4n) is 1.16. The van der Waals surface area contributed by atoms with E-state index in [1.807, 2.05) is 13.8 Å². The molecule has 0 radical (unpaired) electrons. The summed E-state index contributed by atoms with van der Waals surface area (Å²) < 4.78 is 5.15. The lowest BCUT2D eigenvalue weighted by Crippen LogP contribution is -2.06. The van der Waals surface area contributed by atoms with Crippen molar-refractivity contribution >= 4 is 5.78 Å². The summed E-state index contributed by atoms with van der Waals surface area (Å²) in [5, 5.41) is 0. The Bertz CT molecular complexity index is 337. The number of aryl methyl sites for hydroxylation is 1. The smallest absolute Gasteiger partial charge is 0.316 e. The summed E-state index contributed by atoms with van der Waals surface area (Å²) in [6, 6.07) is 0.342. The molecule has 0 amide bonds. The van der Waals surface area contributed by atoms with Gasteiger partial charge < -0.3 is 4.74 Å². The van der Waals surface area contributed by atoms with Gasteiger partial charge in [-0.15, -0.1) is 0 Å². The van der Waals surface area contributed by atoms with Crippen molar-refractivity contribution in [2.75, 3.05) is 6.61 Å². The maximum Gasteiger partial charge on any atom is 0.316 e. The molecule has 0 fully saturated rings. The van der Waals surface area contributed by atoms with E-state index in [2.05, 4.69) is 9.97 Å². The Morgan fingerprint density at radius 2 is 2.21 bits per heavy atom. The SMILES string of the molecule is CCOc1ncc(C(C)=O)c(CC)n1. The van der Waals surface area contributed by atoms with Gasteiger partial charge in [-0.3, -0.25) is 4.79 Å². The minimum Gasteiger partial charge on any atom is -0.464 e. The predicted octanol–water partition coefficient (Wildman–Crippen LogP) is 1.64. The second-order valence-corrected chi connectivity index (χ2v) is 2.86. The van der Waals surface area contributed by atoms with Crippen molar-refractivity contribution in [1.29, 1.82) is 0 Å². The van der Waals surface area contributed by atoms with Crippen LogP contribution in [0, 0.1) is 0 Å². The number of hydrogen-bond donors (Lipinski definition) is 0. The van der Waals surface area contributed by atoms with Crippen LogP contribution in [0.5, 0.6) is 6.01 Å². The molecule has 0 bridgehead atoms. The summed E-state index contributed by atoms with van der Waals surface area (Å²) in [5.74, 6) is -0.00935. The van der Waals surface area contributed by atoms with Gasteiger partial charge in [0.25, 0.3) is 0 Å². The number of ether oxygens (including phenoxy) is 1. The van der Waals surface area contributed by atoms with Crippen molar-refractivity contribution in [3.63, 3.8) is 0 Å². The van der Waals surface area contributed by atoms with Gasteiger partial charge >= 0.3 is 6.01 Å². The Kier molecular flexibility index (Phi) is 3.56. The monoisotopic (exact) mass is 194 g/mol. The second-order valence-electron chi connectivity index (χ2n) is 2.86. The highest BCUT2D eigenvalue weighted by atomic mass is 16.5. The topological polar surface area (TPSA) is 52.1 Å². The van der Waals surface area contributed by atoms with Crippen molar-refractivity contribution < 1.29 is 9.53 Å². The maximum absolute atomic E-state index is 11.2. The second kappa shape index (κ2) is 4.69. The van der Waals surface area contributed by atoms with Crippen LogP contribution in [0.3, 0.4) is 0 Å². The molecule has 0 atom stereocenters. The van der Waals surface area contributed by atoms with Crippen LogP contribution >= 0.6 is 0 Å². The molecule has 1 aromatic rings. The van der Waals surface area contributed by atoms with E-state index in [1.165, 1.54) is 13.1 Å². The molecule has 0 saturated carbocycles. The van der Waals surface area contributed by atoms with Crippen LogP contribution in [0.4, 0.5) is 0 Å². The van der Waals surface area contributed by atoms with Crippen molar-refractivity contribution in [2.24, 2.45) is 0 Å². The molecule has 76 valence electrons. The number of carbonyl (C=O) groups excluding carboxylic acids is 1. The third-order valence-electron chi connectivity index (χ3n) is 1.83. The van der Waals surface area contributed by atoms with Crippen molar-refractivity contribution in [2.45, 2.75) is 27.2 Å². The lowest BCUT2D eigenvalue weighted by Gasteiger charge is -2.05. The molecular formula is C10H14N2O2. The third-order valence-corrected chi connectivity index (χ3v) is 1.83. The largest absolute Gasteiger partial charge is 0.464 e. The minimum atomic E-state index is -0.00935. The molecule has 0 saturated heterocycles. The minimum absolute atomic E-state index is 0.00935. The first-order valence-corrected chi connectivity index (χ1v) is 4.68. The van der Waals surface area contributed by atoms with Crippen LogP contribution in [-0.2, 0) is 6.42 Å². The molecule has 1 heterocycles. The number of aromatic nitrogens is 2. The van der Waals surface area contributed by atoms with E-state index in [0.717, 1.165) is 5.69 Å². The van der Waals surface area contributed by atoms with E-state index < -0.39 is 0 Å². The number of hydrogen-bond acceptors (Lipinski definition) is 4. The van der Waals surface area contributed by atoms with Gasteiger partial charge in [0.1, 0.15) is 0 Å². The average Bonchev–Trinajstić information content (AvgIpc) is 2.17. The molecule has 1 rings (SSSR count). The standard InChI is InChI=1S/C10H14N2O2/c1-4-9-8(7(3)13)6-11-10(12-9)14-5-2/h6H,4-5H2,1-3H3. The van der Waals surface area contributed by atoms with Crippen molar-refractivity contribution in [3.05, 3.63) is 17.5 Å². The van der Waals surface area contributed by atoms with Gasteiger partial charge in [0.05, 0.1) is 17.9 Å². The Hall–Kier alpha value is -1.45. The fourth-order valence-corrected chi connectivity index (χ4v) is 1.16. The first-order valence-electron chi connectivity index (χ1n) is 4.68. The molecule has 4 nitrogen and oxygen atoms in total. The zero-order valence-electron chi connectivity index (χ0n) is 8.70. The van der Waals surface area contributed by atoms with E-state index in [1.54, 1.807) is 0 Å². The van der Waals surface area contributed by atoms with Crippen LogP contribution in [0.2, 0.25) is 0 Å². The molecule has 0 aliphatic carbocycles. The molecule has 1 aromatic heterocycles. The quantitative estimate of drug-likeness (QED) is 0.684. The van der Waals surface area contributed by atoms with Gasteiger partial charge in [-0.25, -0.2) is 4.98 Å². The first-order chi connectivity index (χ1) is 6.69. The summed E-state index contributed by atoms with van der Waals surface area (Å²) in [6.07, 6.45) is 2.23. The molecule has 4 heteroatoms. The molecule has 0 unspecified atom stereocenters. The highest BCUT2D eigenvalue weighted by molar-refractivity contribution is 5.94. The average molecular weight is 194 g/mol. The van der Waals surface area contributed by atoms with Gasteiger partial charge in [-0.2, -0.15) is 4.98 Å². The van der Waals surface area contributed by atoms with Crippen LogP contribution in [0.1, 0.15) is 36.8 Å². The van der Waals surface area contributed by atoms with Crippen molar-refractivity contribution in [3.8, 4) is 6.01 Å². The first kappa shape index (κ1) is 10.6. The third kappa shape index (κ3) is 2.28. The van der Waals surface area contributed by atoms with Crippen molar-refractivity contribution in [1.82, 2.24) is 9.97 Å². The Morgan fingerprint density at radius 3 is 2.71 bits per heavy atom. The maximum atomic E-state index is 11.2. The zero-order valence-corrected chi connectivity index (χ0v) is 8.70. The molecule has 14 heavy (non-hydrogen) atoms. The van der Waals surface area contributed by atoms with Crippen LogP contribution in [-0.4, -0.2) is 22.4 Å². The lowest BCUT2D eigenvalue weighted by atomic mass is 10.1. The molecule has 0 aliphatic heterocycles. The van der Waals surface area contributed by atoms with Crippen LogP contribution < -0.4 is 4.74 Å². The number of ketones is 1. The normalized spacial score (nSPS) is 9.93. The molecular weight excluding hydrogens is 180 g/mol. The van der Waals surface area contributed by atoms with E-state index in [0.29, 0.717) is 24.6 Å². The Balaban J connectivity index is 3.05. The summed E-state index contributed by atoms with van der Waals surface area (Å²) in [5.41, 5.74) is 1.33. The summed E-state index contributed by atoms with van der Waals surface area (Å²) in [7, 11) is 0. The number of Topliss-reactive ketones (excluding diaryl/α,β-unsaturated/α-hetero) is 1. The lowest BCUT2D eigenvalue weighted by molar-refractivity contribution is 0.101. The van der Waals surface area contributed by atoms with Crippen LogP contribution in [0.25, 0.3) is 0 Å². The zero-order chi connectivity index (χ0) is 10.6. The van der Waals surface area contributed by atoms with Crippen LogP contribution in [0.15, 0.2) is 6.20 Å². The van der Waals surface area contributed by atoms with Gasteiger partial charge in [0.2, 0.25) is 0 Å².